The van der Waals surface area contributed by atoms with Gasteiger partial charge in [0.05, 0.1) is 12.2 Å². The Morgan fingerprint density at radius 1 is 0.649 bits per heavy atom. The monoisotopic (exact) mass is 810 g/mol. The van der Waals surface area contributed by atoms with E-state index in [-0.39, 0.29) is 96.4 Å². The summed E-state index contributed by atoms with van der Waals surface area (Å²) in [4.78, 5) is 52.2. The summed E-state index contributed by atoms with van der Waals surface area (Å²) in [6.45, 7) is 6.08. The van der Waals surface area contributed by atoms with Gasteiger partial charge in [-0.1, -0.05) is 39.8 Å². The molecule has 0 aromatic heterocycles. The Labute approximate surface area is 331 Å². The molecule has 0 heterocycles. The van der Waals surface area contributed by atoms with Gasteiger partial charge in [0, 0.05) is 34.5 Å². The van der Waals surface area contributed by atoms with Gasteiger partial charge in [-0.05, 0) is 132 Å². The van der Waals surface area contributed by atoms with Crippen LogP contribution in [0, 0.1) is 92.7 Å². The van der Waals surface area contributed by atoms with E-state index in [0.717, 1.165) is 12.8 Å². The normalized spacial score (nSPS) is 53.5. The second kappa shape index (κ2) is 12.2. The molecule has 57 heavy (non-hydrogen) atoms. The van der Waals surface area contributed by atoms with Crippen molar-refractivity contribution in [3.8, 4) is 0 Å². The summed E-state index contributed by atoms with van der Waals surface area (Å²) in [7, 11) is -4.79. The van der Waals surface area contributed by atoms with Gasteiger partial charge < -0.3 is 10.2 Å². The Kier molecular flexibility index (Phi) is 8.24. The van der Waals surface area contributed by atoms with Crippen molar-refractivity contribution >= 4 is 33.5 Å². The third-order valence-corrected chi connectivity index (χ3v) is 18.7. The van der Waals surface area contributed by atoms with Crippen LogP contribution >= 0.6 is 0 Å². The molecule has 10 aliphatic carbocycles. The molecule has 0 aliphatic heterocycles. The molecule has 13 heteroatoms. The molecular formula is C44H52F2O10S. The van der Waals surface area contributed by atoms with Gasteiger partial charge in [-0.15, -0.1) is 0 Å². The van der Waals surface area contributed by atoms with Crippen LogP contribution in [0.15, 0.2) is 47.6 Å². The Balaban J connectivity index is 0.804. The van der Waals surface area contributed by atoms with Crippen molar-refractivity contribution in [3.63, 3.8) is 0 Å². The fourth-order valence-electron chi connectivity index (χ4n) is 16.3. The predicted octanol–water partition coefficient (Wildman–Crippen LogP) is 4.80. The molecular weight excluding hydrogens is 759 g/mol. The minimum Gasteiger partial charge on any atom is -0.393 e. The summed E-state index contributed by atoms with van der Waals surface area (Å²) >= 11 is 0. The van der Waals surface area contributed by atoms with Crippen molar-refractivity contribution in [2.24, 2.45) is 92.7 Å². The lowest BCUT2D eigenvalue weighted by Gasteiger charge is -2.60. The molecule has 10 rings (SSSR count). The van der Waals surface area contributed by atoms with Gasteiger partial charge >= 0.3 is 10.4 Å². The highest BCUT2D eigenvalue weighted by atomic mass is 32.3. The summed E-state index contributed by atoms with van der Waals surface area (Å²) in [5.41, 5.74) is -2.26. The predicted molar refractivity (Wildman–Crippen MR) is 199 cm³/mol. The molecule has 2 N–H and O–H groups in total. The molecule has 10 nitrogen and oxygen atoms in total. The summed E-state index contributed by atoms with van der Waals surface area (Å²) in [6.07, 6.45) is 6.99. The zero-order chi connectivity index (χ0) is 40.5. The van der Waals surface area contributed by atoms with Crippen molar-refractivity contribution in [2.75, 3.05) is 13.2 Å². The van der Waals surface area contributed by atoms with Crippen LogP contribution in [-0.2, 0) is 37.9 Å². The van der Waals surface area contributed by atoms with E-state index in [1.807, 2.05) is 27.7 Å². The minimum atomic E-state index is -4.79. The van der Waals surface area contributed by atoms with E-state index >= 15 is 8.78 Å². The Hall–Kier alpha value is -2.71. The average molecular weight is 811 g/mol. The average Bonchev–Trinajstić information content (AvgIpc) is 4.02. The first-order valence-electron chi connectivity index (χ1n) is 20.9. The maximum Gasteiger partial charge on any atom is 0.400 e. The van der Waals surface area contributed by atoms with Crippen LogP contribution < -0.4 is 0 Å². The molecule has 20 atom stereocenters. The topological polar surface area (TPSA) is 161 Å². The van der Waals surface area contributed by atoms with Crippen LogP contribution in [0.25, 0.3) is 0 Å². The van der Waals surface area contributed by atoms with E-state index in [2.05, 4.69) is 0 Å². The molecule has 0 spiro atoms. The number of aliphatic hydroxyl groups is 2. The molecule has 0 bridgehead atoms. The SMILES string of the molecule is C[C@]12C[C@H](O)[C@H]3[C@@H](C[C@H](F)C4=CC(=O)C=C[C@@]43C)[C@@H]1[C@H]1C[C@H]1[C@@H]2C(=O)COS(=O)(=O)OCC(=O)[C@H]1[C@@H]2C[C@@H]2[C@H]2[C@@H]3C[C@H](F)C4=CC(=O)C=C[C@]4(C)[C@H]3[C@@H](O)C[C@@]21C. The molecule has 8 fully saturated rings. The zero-order valence-electron chi connectivity index (χ0n) is 32.7. The van der Waals surface area contributed by atoms with Crippen molar-refractivity contribution in [3.05, 3.63) is 47.6 Å². The number of rotatable bonds is 8. The second-order valence-corrected chi connectivity index (χ2v) is 21.9. The quantitative estimate of drug-likeness (QED) is 0.349. The molecule has 0 saturated heterocycles. The maximum atomic E-state index is 15.8. The molecule has 10 aliphatic rings. The van der Waals surface area contributed by atoms with Gasteiger partial charge in [0.15, 0.2) is 23.1 Å². The number of carbonyl (C=O) groups is 4. The zero-order valence-corrected chi connectivity index (χ0v) is 33.5. The van der Waals surface area contributed by atoms with Crippen LogP contribution in [0.4, 0.5) is 8.78 Å². The first-order chi connectivity index (χ1) is 26.7. The van der Waals surface area contributed by atoms with E-state index < -0.39 is 93.2 Å². The minimum absolute atomic E-state index is 0.0369. The van der Waals surface area contributed by atoms with Gasteiger partial charge in [0.2, 0.25) is 0 Å². The second-order valence-electron chi connectivity index (χ2n) is 20.6. The van der Waals surface area contributed by atoms with Gasteiger partial charge in [-0.3, -0.25) is 19.2 Å². The standard InChI is InChI=1S/C44H52F2O10S/c1-41-7-5-19(47)9-27(41)29(45)13-25-35-21-11-23(21)37(43(35,3)15-31(49)39(25)41)33(51)17-55-57(53,54)56-18-34(52)38-24-12-22(24)36-26-14-30(46)28-10-20(48)6-8-42(28,2)40(26)32(50)16-44(36,38)4/h5-10,21-26,29-32,35-40,49-50H,11-18H2,1-4H3/t21-,22-,23+,24+,25-,26-,29-,30-,31-,32-,35-,36-,37+,38+,39+,40+,41-,42-,43-,44-/m0/s1. The Bertz CT molecular complexity index is 1970. The number of allylic oxidation sites excluding steroid dienone is 8. The summed E-state index contributed by atoms with van der Waals surface area (Å²) < 4.78 is 68.2. The van der Waals surface area contributed by atoms with Crippen molar-refractivity contribution < 1.29 is 55.0 Å². The van der Waals surface area contributed by atoms with E-state index in [9.17, 15) is 37.8 Å². The summed E-state index contributed by atoms with van der Waals surface area (Å²) in [6, 6.07) is 0. The number of fused-ring (bicyclic) bond motifs is 14. The van der Waals surface area contributed by atoms with Gasteiger partial charge in [0.1, 0.15) is 25.6 Å². The van der Waals surface area contributed by atoms with Crippen LogP contribution in [0.1, 0.15) is 66.2 Å². The van der Waals surface area contributed by atoms with E-state index in [0.29, 0.717) is 11.1 Å². The summed E-state index contributed by atoms with van der Waals surface area (Å²) in [5, 5.41) is 23.4. The number of alkyl halides is 2. The fraction of sp³-hybridized carbons (Fsp3) is 0.727. The lowest BCUT2D eigenvalue weighted by molar-refractivity contribution is -0.149. The first kappa shape index (κ1) is 38.5. The molecule has 0 aromatic carbocycles. The van der Waals surface area contributed by atoms with Crippen LogP contribution in [0.3, 0.4) is 0 Å². The highest BCUT2D eigenvalue weighted by molar-refractivity contribution is 7.81. The van der Waals surface area contributed by atoms with Gasteiger partial charge in [0.25, 0.3) is 0 Å². The molecule has 0 amide bonds. The van der Waals surface area contributed by atoms with Gasteiger partial charge in [-0.2, -0.15) is 8.42 Å². The first-order valence-corrected chi connectivity index (χ1v) is 22.2. The Morgan fingerprint density at radius 3 is 1.42 bits per heavy atom. The number of carbonyl (C=O) groups excluding carboxylic acids is 4. The van der Waals surface area contributed by atoms with Gasteiger partial charge in [-0.25, -0.2) is 17.1 Å². The summed E-state index contributed by atoms with van der Waals surface area (Å²) in [5.74, 6) is -3.65. The number of ketones is 4. The fourth-order valence-corrected chi connectivity index (χ4v) is 16.9. The third kappa shape index (κ3) is 5.26. The highest BCUT2D eigenvalue weighted by Crippen LogP contribution is 2.77. The van der Waals surface area contributed by atoms with Crippen LogP contribution in [0.5, 0.6) is 0 Å². The van der Waals surface area contributed by atoms with Crippen molar-refractivity contribution in [1.29, 1.82) is 0 Å². The number of aliphatic hydroxyl groups excluding tert-OH is 2. The Morgan fingerprint density at radius 2 is 1.04 bits per heavy atom. The lowest BCUT2D eigenvalue weighted by Crippen LogP contribution is -2.59. The highest BCUT2D eigenvalue weighted by Gasteiger charge is 2.75. The molecule has 0 unspecified atom stereocenters. The van der Waals surface area contributed by atoms with E-state index in [4.69, 9.17) is 8.37 Å². The molecule has 8 saturated carbocycles. The largest absolute Gasteiger partial charge is 0.400 e. The van der Waals surface area contributed by atoms with E-state index in [1.54, 1.807) is 12.2 Å². The van der Waals surface area contributed by atoms with Crippen molar-refractivity contribution in [2.45, 2.75) is 90.8 Å². The van der Waals surface area contributed by atoms with Crippen LogP contribution in [0.2, 0.25) is 0 Å². The number of hydrogen-bond acceptors (Lipinski definition) is 10. The number of halogens is 2. The molecule has 308 valence electrons. The smallest absolute Gasteiger partial charge is 0.393 e. The number of Topliss-reactive ketones (excluding diaryl/α,β-unsaturated/α-hetero) is 2. The lowest BCUT2D eigenvalue weighted by atomic mass is 9.45. The van der Waals surface area contributed by atoms with E-state index in [1.165, 1.54) is 24.3 Å². The third-order valence-electron chi connectivity index (χ3n) is 17.9. The van der Waals surface area contributed by atoms with Crippen LogP contribution in [-0.4, -0.2) is 79.5 Å². The molecule has 0 radical (unpaired) electrons. The maximum absolute atomic E-state index is 15.8. The number of hydrogen-bond donors (Lipinski definition) is 2. The molecule has 0 aromatic rings. The van der Waals surface area contributed by atoms with Crippen molar-refractivity contribution in [1.82, 2.24) is 0 Å².